The summed E-state index contributed by atoms with van der Waals surface area (Å²) in [6, 6.07) is 3.51. The highest BCUT2D eigenvalue weighted by Gasteiger charge is 2.07. The Balaban J connectivity index is 2.41. The Morgan fingerprint density at radius 3 is 3.00 bits per heavy atom. The molecule has 0 saturated carbocycles. The largest absolute Gasteiger partial charge is 0.508 e. The zero-order chi connectivity index (χ0) is 10.8. The molecule has 0 aliphatic heterocycles. The molecule has 0 radical (unpaired) electrons. The van der Waals surface area contributed by atoms with Crippen molar-refractivity contribution in [2.45, 2.75) is 19.8 Å². The molecule has 0 saturated heterocycles. The molecule has 1 aromatic carbocycles. The second-order valence-corrected chi connectivity index (χ2v) is 4.72. The second-order valence-electron chi connectivity index (χ2n) is 3.61. The van der Waals surface area contributed by atoms with Crippen molar-refractivity contribution >= 4 is 21.6 Å². The maximum Gasteiger partial charge on any atom is 0.117 e. The van der Waals surface area contributed by atoms with Crippen molar-refractivity contribution in [3.05, 3.63) is 22.7 Å². The van der Waals surface area contributed by atoms with E-state index in [1.807, 2.05) is 6.92 Å². The van der Waals surface area contributed by atoms with Crippen LogP contribution in [0.4, 0.5) is 0 Å². The molecule has 1 heterocycles. The van der Waals surface area contributed by atoms with E-state index in [9.17, 15) is 5.11 Å². The number of nitrogens with zero attached hydrogens (tertiary/aromatic N) is 1. The van der Waals surface area contributed by atoms with Gasteiger partial charge in [-0.1, -0.05) is 0 Å². The molecule has 0 spiro atoms. The van der Waals surface area contributed by atoms with Crippen molar-refractivity contribution in [2.75, 3.05) is 6.54 Å². The Labute approximate surface area is 92.6 Å². The predicted octanol–water partition coefficient (Wildman–Crippen LogP) is 2.20. The number of hydrogen-bond acceptors (Lipinski definition) is 4. The molecule has 4 heteroatoms. The molecule has 0 aliphatic carbocycles. The Hall–Kier alpha value is -1.13. The van der Waals surface area contributed by atoms with Crippen molar-refractivity contribution < 1.29 is 5.11 Å². The lowest BCUT2D eigenvalue weighted by atomic mass is 10.2. The summed E-state index contributed by atoms with van der Waals surface area (Å²) in [5, 5.41) is 10.6. The number of nitrogens with two attached hydrogens (primary N) is 1. The molecule has 3 N–H and O–H groups in total. The van der Waals surface area contributed by atoms with Crippen LogP contribution in [-0.2, 0) is 6.42 Å². The highest BCUT2D eigenvalue weighted by molar-refractivity contribution is 7.18. The SMILES string of the molecule is Cc1cc(O)cc2sc(CCCN)nc12. The van der Waals surface area contributed by atoms with Crippen LogP contribution in [0.2, 0.25) is 0 Å². The molecule has 0 fully saturated rings. The molecule has 0 unspecified atom stereocenters. The van der Waals surface area contributed by atoms with Crippen LogP contribution in [0, 0.1) is 6.92 Å². The average molecular weight is 222 g/mol. The van der Waals surface area contributed by atoms with Gasteiger partial charge in [0.05, 0.1) is 15.2 Å². The number of rotatable bonds is 3. The van der Waals surface area contributed by atoms with Crippen LogP contribution in [0.1, 0.15) is 17.0 Å². The van der Waals surface area contributed by atoms with Crippen molar-refractivity contribution in [3.63, 3.8) is 0 Å². The van der Waals surface area contributed by atoms with Gasteiger partial charge in [-0.25, -0.2) is 4.98 Å². The number of hydrogen-bond donors (Lipinski definition) is 2. The molecule has 0 amide bonds. The number of phenolic OH excluding ortho intramolecular Hbond substituents is 1. The zero-order valence-corrected chi connectivity index (χ0v) is 9.47. The molecule has 0 bridgehead atoms. The maximum absolute atomic E-state index is 9.46. The summed E-state index contributed by atoms with van der Waals surface area (Å²) < 4.78 is 1.06. The quantitative estimate of drug-likeness (QED) is 0.837. The number of fused-ring (bicyclic) bond motifs is 1. The van der Waals surface area contributed by atoms with E-state index in [1.165, 1.54) is 0 Å². The fourth-order valence-electron chi connectivity index (χ4n) is 1.58. The molecule has 80 valence electrons. The molecular formula is C11H14N2OS. The molecule has 0 atom stereocenters. The topological polar surface area (TPSA) is 59.1 Å². The Bertz CT molecular complexity index is 479. The molecule has 2 aromatic rings. The number of phenols is 1. The average Bonchev–Trinajstić information content (AvgIpc) is 2.57. The highest BCUT2D eigenvalue weighted by atomic mass is 32.1. The van der Waals surface area contributed by atoms with Crippen molar-refractivity contribution in [2.24, 2.45) is 5.73 Å². The summed E-state index contributed by atoms with van der Waals surface area (Å²) in [4.78, 5) is 4.54. The van der Waals surface area contributed by atoms with Gasteiger partial charge >= 0.3 is 0 Å². The van der Waals surface area contributed by atoms with Crippen LogP contribution in [-0.4, -0.2) is 16.6 Å². The van der Waals surface area contributed by atoms with Gasteiger partial charge in [-0.3, -0.25) is 0 Å². The van der Waals surface area contributed by atoms with E-state index in [2.05, 4.69) is 4.98 Å². The third-order valence-corrected chi connectivity index (χ3v) is 3.37. The number of aromatic nitrogens is 1. The maximum atomic E-state index is 9.46. The predicted molar refractivity (Wildman–Crippen MR) is 63.4 cm³/mol. The third kappa shape index (κ3) is 2.11. The van der Waals surface area contributed by atoms with Gasteiger partial charge in [-0.2, -0.15) is 0 Å². The summed E-state index contributed by atoms with van der Waals surface area (Å²) in [6.45, 7) is 2.66. The van der Waals surface area contributed by atoms with Gasteiger partial charge in [0.2, 0.25) is 0 Å². The minimum atomic E-state index is 0.314. The number of aryl methyl sites for hydroxylation is 2. The van der Waals surface area contributed by atoms with Crippen molar-refractivity contribution in [1.82, 2.24) is 4.98 Å². The van der Waals surface area contributed by atoms with E-state index < -0.39 is 0 Å². The Morgan fingerprint density at radius 1 is 1.47 bits per heavy atom. The van der Waals surface area contributed by atoms with E-state index >= 15 is 0 Å². The lowest BCUT2D eigenvalue weighted by molar-refractivity contribution is 0.476. The first-order chi connectivity index (χ1) is 7.20. The fourth-order valence-corrected chi connectivity index (χ4v) is 2.70. The molecule has 1 aromatic heterocycles. The van der Waals surface area contributed by atoms with E-state index in [0.29, 0.717) is 12.3 Å². The lowest BCUT2D eigenvalue weighted by Gasteiger charge is -1.95. The molecule has 3 nitrogen and oxygen atoms in total. The van der Waals surface area contributed by atoms with Crippen LogP contribution in [0.15, 0.2) is 12.1 Å². The van der Waals surface area contributed by atoms with Crippen molar-refractivity contribution in [1.29, 1.82) is 0 Å². The van der Waals surface area contributed by atoms with Gasteiger partial charge < -0.3 is 10.8 Å². The summed E-state index contributed by atoms with van der Waals surface area (Å²) in [6.07, 6.45) is 1.89. The van der Waals surface area contributed by atoms with E-state index in [0.717, 1.165) is 33.6 Å². The minimum absolute atomic E-state index is 0.314. The summed E-state index contributed by atoms with van der Waals surface area (Å²) in [5.74, 6) is 0.314. The zero-order valence-electron chi connectivity index (χ0n) is 8.66. The summed E-state index contributed by atoms with van der Waals surface area (Å²) in [5.41, 5.74) is 7.49. The van der Waals surface area contributed by atoms with Gasteiger partial charge in [0.25, 0.3) is 0 Å². The Morgan fingerprint density at radius 2 is 2.27 bits per heavy atom. The molecule has 15 heavy (non-hydrogen) atoms. The van der Waals surface area contributed by atoms with E-state index in [4.69, 9.17) is 5.73 Å². The van der Waals surface area contributed by atoms with Gasteiger partial charge in [0, 0.05) is 6.42 Å². The number of benzene rings is 1. The van der Waals surface area contributed by atoms with Crippen LogP contribution in [0.5, 0.6) is 5.75 Å². The van der Waals surface area contributed by atoms with Gasteiger partial charge in [-0.15, -0.1) is 11.3 Å². The van der Waals surface area contributed by atoms with E-state index in [-0.39, 0.29) is 0 Å². The van der Waals surface area contributed by atoms with Crippen LogP contribution in [0.3, 0.4) is 0 Å². The van der Waals surface area contributed by atoms with Crippen LogP contribution < -0.4 is 5.73 Å². The van der Waals surface area contributed by atoms with Crippen LogP contribution >= 0.6 is 11.3 Å². The molecule has 2 rings (SSSR count). The number of aromatic hydroxyl groups is 1. The summed E-state index contributed by atoms with van der Waals surface area (Å²) >= 11 is 1.64. The first-order valence-corrected chi connectivity index (χ1v) is 5.81. The monoisotopic (exact) mass is 222 g/mol. The molecule has 0 aliphatic rings. The standard InChI is InChI=1S/C11H14N2OS/c1-7-5-8(14)6-9-11(7)13-10(15-9)3-2-4-12/h5-6,14H,2-4,12H2,1H3. The number of thiazole rings is 1. The first-order valence-electron chi connectivity index (χ1n) is 5.00. The van der Waals surface area contributed by atoms with Gasteiger partial charge in [-0.05, 0) is 37.6 Å². The van der Waals surface area contributed by atoms with Gasteiger partial charge in [0.15, 0.2) is 0 Å². The van der Waals surface area contributed by atoms with Crippen LogP contribution in [0.25, 0.3) is 10.2 Å². The fraction of sp³-hybridized carbons (Fsp3) is 0.364. The van der Waals surface area contributed by atoms with Crippen molar-refractivity contribution in [3.8, 4) is 5.75 Å². The first kappa shape index (κ1) is 10.4. The lowest BCUT2D eigenvalue weighted by Crippen LogP contribution is -1.99. The molecular weight excluding hydrogens is 208 g/mol. The second kappa shape index (κ2) is 4.16. The third-order valence-electron chi connectivity index (χ3n) is 2.31. The summed E-state index contributed by atoms with van der Waals surface area (Å²) in [7, 11) is 0. The van der Waals surface area contributed by atoms with E-state index in [1.54, 1.807) is 23.5 Å². The normalized spacial score (nSPS) is 11.1. The smallest absolute Gasteiger partial charge is 0.117 e. The van der Waals surface area contributed by atoms with Gasteiger partial charge in [0.1, 0.15) is 5.75 Å². The Kier molecular flexibility index (Phi) is 2.88. The minimum Gasteiger partial charge on any atom is -0.508 e. The highest BCUT2D eigenvalue weighted by Crippen LogP contribution is 2.29.